The fourth-order valence-corrected chi connectivity index (χ4v) is 3.07. The summed E-state index contributed by atoms with van der Waals surface area (Å²) in [7, 11) is 0. The summed E-state index contributed by atoms with van der Waals surface area (Å²) in [5.74, 6) is -0.181. The zero-order chi connectivity index (χ0) is 13.5. The van der Waals surface area contributed by atoms with Crippen LogP contribution in [0.3, 0.4) is 0 Å². The Morgan fingerprint density at radius 1 is 0.950 bits per heavy atom. The highest BCUT2D eigenvalue weighted by atomic mass is 16.7. The summed E-state index contributed by atoms with van der Waals surface area (Å²) in [5, 5.41) is 0. The third kappa shape index (κ3) is 2.12. The number of fused-ring (bicyclic) bond motifs is 2. The van der Waals surface area contributed by atoms with Crippen LogP contribution in [0.25, 0.3) is 0 Å². The maximum atomic E-state index is 11.3. The molecule has 0 aromatic heterocycles. The molecule has 20 heavy (non-hydrogen) atoms. The third-order valence-electron chi connectivity index (χ3n) is 4.08. The molecule has 5 heteroatoms. The first-order chi connectivity index (χ1) is 9.79. The molecule has 3 aliphatic rings. The Morgan fingerprint density at radius 3 is 2.65 bits per heavy atom. The highest BCUT2D eigenvalue weighted by Crippen LogP contribution is 2.37. The van der Waals surface area contributed by atoms with Crippen molar-refractivity contribution < 1.29 is 23.7 Å². The van der Waals surface area contributed by atoms with Crippen LogP contribution in [0, 0.1) is 0 Å². The molecule has 5 atom stereocenters. The van der Waals surface area contributed by atoms with Gasteiger partial charge in [0.15, 0.2) is 6.29 Å². The van der Waals surface area contributed by atoms with Gasteiger partial charge in [-0.1, -0.05) is 30.3 Å². The van der Waals surface area contributed by atoms with Gasteiger partial charge in [0, 0.05) is 12.0 Å². The fraction of sp³-hybridized carbons (Fsp3) is 0.533. The molecular weight excluding hydrogens is 260 g/mol. The third-order valence-corrected chi connectivity index (χ3v) is 4.08. The van der Waals surface area contributed by atoms with E-state index in [9.17, 15) is 4.79 Å². The summed E-state index contributed by atoms with van der Waals surface area (Å²) in [6, 6.07) is 9.84. The zero-order valence-corrected chi connectivity index (χ0v) is 10.9. The van der Waals surface area contributed by atoms with E-state index < -0.39 is 0 Å². The van der Waals surface area contributed by atoms with E-state index in [-0.39, 0.29) is 36.7 Å². The van der Waals surface area contributed by atoms with E-state index in [1.807, 2.05) is 30.3 Å². The molecule has 0 bridgehead atoms. The predicted molar refractivity (Wildman–Crippen MR) is 67.8 cm³/mol. The lowest BCUT2D eigenvalue weighted by molar-refractivity contribution is -0.296. The molecule has 0 N–H and O–H groups in total. The molecule has 1 aromatic carbocycles. The van der Waals surface area contributed by atoms with Crippen LogP contribution >= 0.6 is 0 Å². The van der Waals surface area contributed by atoms with Gasteiger partial charge in [0.25, 0.3) is 0 Å². The number of esters is 1. The van der Waals surface area contributed by atoms with Gasteiger partial charge in [-0.05, 0) is 0 Å². The first-order valence-corrected chi connectivity index (χ1v) is 6.96. The Hall–Kier alpha value is -1.43. The van der Waals surface area contributed by atoms with Gasteiger partial charge in [0.2, 0.25) is 0 Å². The number of carbonyl (C=O) groups excluding carboxylic acids is 1. The minimum atomic E-state index is -0.366. The summed E-state index contributed by atoms with van der Waals surface area (Å²) in [6.07, 6.45) is 0.174. The molecule has 0 saturated carbocycles. The van der Waals surface area contributed by atoms with Crippen LogP contribution in [-0.2, 0) is 23.7 Å². The smallest absolute Gasteiger partial charge is 0.308 e. The van der Waals surface area contributed by atoms with Gasteiger partial charge < -0.3 is 18.9 Å². The number of carbonyl (C=O) groups is 1. The molecule has 3 fully saturated rings. The summed E-state index contributed by atoms with van der Waals surface area (Å²) < 4.78 is 22.9. The van der Waals surface area contributed by atoms with Gasteiger partial charge in [-0.2, -0.15) is 0 Å². The average Bonchev–Trinajstić information content (AvgIpc) is 2.84. The normalized spacial score (nSPS) is 39.8. The lowest BCUT2D eigenvalue weighted by Gasteiger charge is -2.42. The number of benzene rings is 1. The van der Waals surface area contributed by atoms with Crippen molar-refractivity contribution in [3.8, 4) is 0 Å². The number of hydrogen-bond donors (Lipinski definition) is 0. The molecule has 0 amide bonds. The van der Waals surface area contributed by atoms with Crippen molar-refractivity contribution in [2.75, 3.05) is 6.61 Å². The molecule has 4 rings (SSSR count). The van der Waals surface area contributed by atoms with E-state index in [0.717, 1.165) is 5.56 Å². The van der Waals surface area contributed by atoms with Gasteiger partial charge in [-0.15, -0.1) is 0 Å². The van der Waals surface area contributed by atoms with Crippen LogP contribution < -0.4 is 0 Å². The highest BCUT2D eigenvalue weighted by molar-refractivity contribution is 5.72. The summed E-state index contributed by atoms with van der Waals surface area (Å²) in [5.41, 5.74) is 0.997. The zero-order valence-electron chi connectivity index (χ0n) is 10.9. The second-order valence-corrected chi connectivity index (χ2v) is 5.43. The van der Waals surface area contributed by atoms with Crippen LogP contribution in [0.5, 0.6) is 0 Å². The van der Waals surface area contributed by atoms with Gasteiger partial charge in [0.1, 0.15) is 18.3 Å². The average molecular weight is 276 g/mol. The van der Waals surface area contributed by atoms with E-state index in [1.165, 1.54) is 0 Å². The number of rotatable bonds is 1. The van der Waals surface area contributed by atoms with Crippen molar-refractivity contribution in [2.45, 2.75) is 43.5 Å². The SMILES string of the molecule is O=C1C[C@H]2O[C@@H]3CO[C@H](c4ccccc4)O[C@@H]3C[C@H]2O1. The lowest BCUT2D eigenvalue weighted by atomic mass is 9.97. The highest BCUT2D eigenvalue weighted by Gasteiger charge is 2.48. The molecule has 1 aromatic rings. The summed E-state index contributed by atoms with van der Waals surface area (Å²) >= 11 is 0. The molecule has 0 spiro atoms. The van der Waals surface area contributed by atoms with E-state index in [2.05, 4.69) is 0 Å². The first-order valence-electron chi connectivity index (χ1n) is 6.96. The van der Waals surface area contributed by atoms with Gasteiger partial charge in [0.05, 0.1) is 19.1 Å². The van der Waals surface area contributed by atoms with Crippen molar-refractivity contribution >= 4 is 5.97 Å². The maximum absolute atomic E-state index is 11.3. The van der Waals surface area contributed by atoms with Gasteiger partial charge >= 0.3 is 5.97 Å². The standard InChI is InChI=1S/C15H16O5/c16-14-7-12-10(19-14)6-11-13(18-12)8-17-15(20-11)9-4-2-1-3-5-9/h1-5,10-13,15H,6-8H2/t10-,11-,12-,13-,15+/m1/s1. The summed E-state index contributed by atoms with van der Waals surface area (Å²) in [4.78, 5) is 11.3. The molecule has 3 saturated heterocycles. The number of ether oxygens (including phenoxy) is 4. The Bertz CT molecular complexity index is 502. The largest absolute Gasteiger partial charge is 0.459 e. The minimum Gasteiger partial charge on any atom is -0.459 e. The van der Waals surface area contributed by atoms with E-state index in [1.54, 1.807) is 0 Å². The van der Waals surface area contributed by atoms with Crippen molar-refractivity contribution in [3.63, 3.8) is 0 Å². The van der Waals surface area contributed by atoms with Crippen LogP contribution in [0.2, 0.25) is 0 Å². The lowest BCUT2D eigenvalue weighted by Crippen LogP contribution is -2.51. The Labute approximate surface area is 116 Å². The Morgan fingerprint density at radius 2 is 1.80 bits per heavy atom. The van der Waals surface area contributed by atoms with E-state index >= 15 is 0 Å². The molecule has 3 aliphatic heterocycles. The maximum Gasteiger partial charge on any atom is 0.308 e. The summed E-state index contributed by atoms with van der Waals surface area (Å²) in [6.45, 7) is 0.488. The second kappa shape index (κ2) is 4.84. The molecule has 0 radical (unpaired) electrons. The minimum absolute atomic E-state index is 0.0823. The first kappa shape index (κ1) is 12.3. The van der Waals surface area contributed by atoms with E-state index in [0.29, 0.717) is 19.4 Å². The van der Waals surface area contributed by atoms with Gasteiger partial charge in [-0.3, -0.25) is 4.79 Å². The van der Waals surface area contributed by atoms with Gasteiger partial charge in [-0.25, -0.2) is 0 Å². The topological polar surface area (TPSA) is 54.0 Å². The van der Waals surface area contributed by atoms with Crippen LogP contribution in [0.4, 0.5) is 0 Å². The number of hydrogen-bond acceptors (Lipinski definition) is 5. The quantitative estimate of drug-likeness (QED) is 0.729. The van der Waals surface area contributed by atoms with Crippen LogP contribution in [0.15, 0.2) is 30.3 Å². The van der Waals surface area contributed by atoms with Crippen molar-refractivity contribution in [3.05, 3.63) is 35.9 Å². The molecule has 3 heterocycles. The monoisotopic (exact) mass is 276 g/mol. The van der Waals surface area contributed by atoms with Crippen molar-refractivity contribution in [1.29, 1.82) is 0 Å². The van der Waals surface area contributed by atoms with Crippen LogP contribution in [0.1, 0.15) is 24.7 Å². The molecule has 0 aliphatic carbocycles. The van der Waals surface area contributed by atoms with Crippen molar-refractivity contribution in [2.24, 2.45) is 0 Å². The fourth-order valence-electron chi connectivity index (χ4n) is 3.07. The van der Waals surface area contributed by atoms with E-state index in [4.69, 9.17) is 18.9 Å². The molecular formula is C15H16O5. The molecule has 106 valence electrons. The molecule has 5 nitrogen and oxygen atoms in total. The molecule has 0 unspecified atom stereocenters. The Balaban J connectivity index is 1.48. The second-order valence-electron chi connectivity index (χ2n) is 5.43. The van der Waals surface area contributed by atoms with Crippen molar-refractivity contribution in [1.82, 2.24) is 0 Å². The van der Waals surface area contributed by atoms with Crippen LogP contribution in [-0.4, -0.2) is 37.0 Å². The predicted octanol–water partition coefficient (Wildman–Crippen LogP) is 1.57. The Kier molecular flexibility index (Phi) is 2.98.